The first-order chi connectivity index (χ1) is 48.6. The molecular formula is C81H93N15O3. The molecule has 0 fully saturated rings. The lowest BCUT2D eigenvalue weighted by molar-refractivity contribution is 0.0979. The van der Waals surface area contributed by atoms with Gasteiger partial charge >= 0.3 is 0 Å². The highest BCUT2D eigenvalue weighted by atomic mass is 16.2. The molecule has 3 N–H and O–H groups in total. The third kappa shape index (κ3) is 18.2. The van der Waals surface area contributed by atoms with E-state index in [0.29, 0.717) is 48.0 Å². The van der Waals surface area contributed by atoms with Gasteiger partial charge in [-0.3, -0.25) is 33.4 Å². The molecule has 99 heavy (non-hydrogen) atoms. The number of carbonyl (C=O) groups is 3. The fourth-order valence-corrected chi connectivity index (χ4v) is 10.8. The van der Waals surface area contributed by atoms with Gasteiger partial charge in [-0.25, -0.2) is 9.97 Å². The van der Waals surface area contributed by atoms with Gasteiger partial charge in [0.15, 0.2) is 11.6 Å². The van der Waals surface area contributed by atoms with Crippen molar-refractivity contribution >= 4 is 69.2 Å². The van der Waals surface area contributed by atoms with Gasteiger partial charge in [0.2, 0.25) is 0 Å². The number of hydrogen-bond acceptors (Lipinski definition) is 12. The highest BCUT2D eigenvalue weighted by Gasteiger charge is 2.31. The number of benzene rings is 6. The maximum Gasteiger partial charge on any atom is 0.260 e. The summed E-state index contributed by atoms with van der Waals surface area (Å²) in [6.07, 6.45) is 18.1. The fourth-order valence-electron chi connectivity index (χ4n) is 10.8. The predicted octanol–water partition coefficient (Wildman–Crippen LogP) is 19.3. The molecule has 0 spiro atoms. The van der Waals surface area contributed by atoms with Crippen molar-refractivity contribution in [2.24, 2.45) is 21.1 Å². The second-order valence-electron chi connectivity index (χ2n) is 21.1. The number of amides is 3. The summed E-state index contributed by atoms with van der Waals surface area (Å²) in [5.41, 5.74) is 16.2. The number of aromatic nitrogens is 9. The normalized spacial score (nSPS) is 11.5. The van der Waals surface area contributed by atoms with Gasteiger partial charge in [0.1, 0.15) is 0 Å². The second kappa shape index (κ2) is 37.5. The Hall–Kier alpha value is -11.8. The fraction of sp³-hybridized carbons (Fsp3) is 0.222. The smallest absolute Gasteiger partial charge is 0.260 e. The first-order valence-electron chi connectivity index (χ1n) is 34.2. The van der Waals surface area contributed by atoms with Gasteiger partial charge in [-0.05, 0) is 100 Å². The predicted molar refractivity (Wildman–Crippen MR) is 407 cm³/mol. The number of rotatable bonds is 9. The topological polar surface area (TPSA) is 189 Å². The molecule has 0 unspecified atom stereocenters. The third-order valence-electron chi connectivity index (χ3n) is 15.2. The Morgan fingerprint density at radius 3 is 0.960 bits per heavy atom. The number of hydrogen-bond donors (Lipinski definition) is 3. The van der Waals surface area contributed by atoms with Crippen molar-refractivity contribution < 1.29 is 14.4 Å². The molecule has 510 valence electrons. The lowest BCUT2D eigenvalue weighted by Gasteiger charge is -2.22. The van der Waals surface area contributed by atoms with E-state index in [2.05, 4.69) is 46.2 Å². The molecule has 0 saturated heterocycles. The number of fused-ring (bicyclic) bond motifs is 6. The van der Waals surface area contributed by atoms with Gasteiger partial charge in [-0.1, -0.05) is 192 Å². The second-order valence-corrected chi connectivity index (χ2v) is 21.1. The summed E-state index contributed by atoms with van der Waals surface area (Å²) in [6.45, 7) is 25.4. The zero-order valence-electron chi connectivity index (χ0n) is 59.7. The standard InChI is InChI=1S/3C23H19N5O.6C2H6/c2*1-27-15-18(13-25-27)17-9-10-20-19(12-17)23(29)28(14-16-6-3-2-4-7-16)21-8-5-11-24-22(21)26-20;1-27-15-18(12-25-27)17-7-8-20-19(11-17)23(29)28(14-16-5-3-2-4-6-16)22-9-10-24-13-21(22)26-20;6*1-2/h2*2-13,15H,14H2,1H3,(H,24,26);2-13,15,26H,14H2,1H3;6*1-2H3. The van der Waals surface area contributed by atoms with Crippen molar-refractivity contribution in [1.82, 2.24) is 44.3 Å². The summed E-state index contributed by atoms with van der Waals surface area (Å²) >= 11 is 0. The van der Waals surface area contributed by atoms with E-state index < -0.39 is 0 Å². The van der Waals surface area contributed by atoms with Crippen LogP contribution in [0.5, 0.6) is 0 Å². The van der Waals surface area contributed by atoms with E-state index in [1.54, 1.807) is 72.1 Å². The van der Waals surface area contributed by atoms with Crippen molar-refractivity contribution in [2.45, 2.75) is 103 Å². The van der Waals surface area contributed by atoms with Crippen LogP contribution < -0.4 is 30.7 Å². The molecule has 12 aromatic rings. The summed E-state index contributed by atoms with van der Waals surface area (Å²) in [5, 5.41) is 22.8. The summed E-state index contributed by atoms with van der Waals surface area (Å²) in [6, 6.07) is 56.9. The Balaban J connectivity index is 0.000000194. The molecule has 18 nitrogen and oxygen atoms in total. The molecule has 0 radical (unpaired) electrons. The summed E-state index contributed by atoms with van der Waals surface area (Å²) in [5.74, 6) is 1.17. The number of carbonyl (C=O) groups excluding carboxylic acids is 3. The third-order valence-corrected chi connectivity index (χ3v) is 15.2. The molecule has 3 aliphatic heterocycles. The van der Waals surface area contributed by atoms with Crippen LogP contribution in [-0.4, -0.2) is 62.0 Å². The van der Waals surface area contributed by atoms with Gasteiger partial charge in [0.05, 0.1) is 101 Å². The molecule has 15 rings (SSSR count). The van der Waals surface area contributed by atoms with Crippen LogP contribution in [0.3, 0.4) is 0 Å². The average molecular weight is 1320 g/mol. The minimum absolute atomic E-state index is 0.0490. The highest BCUT2D eigenvalue weighted by Crippen LogP contribution is 2.41. The Bertz CT molecular complexity index is 4050. The minimum Gasteiger partial charge on any atom is -0.352 e. The lowest BCUT2D eigenvalue weighted by atomic mass is 10.0. The Kier molecular flexibility index (Phi) is 28.3. The van der Waals surface area contributed by atoms with Crippen molar-refractivity contribution in [2.75, 3.05) is 30.7 Å². The van der Waals surface area contributed by atoms with Crippen molar-refractivity contribution in [3.63, 3.8) is 0 Å². The maximum atomic E-state index is 13.6. The van der Waals surface area contributed by atoms with Crippen LogP contribution in [-0.2, 0) is 40.8 Å². The largest absolute Gasteiger partial charge is 0.352 e. The van der Waals surface area contributed by atoms with E-state index in [-0.39, 0.29) is 17.7 Å². The van der Waals surface area contributed by atoms with Crippen molar-refractivity contribution in [3.05, 3.63) is 271 Å². The monoisotopic (exact) mass is 1320 g/mol. The van der Waals surface area contributed by atoms with Crippen LogP contribution in [0.1, 0.15) is 131 Å². The van der Waals surface area contributed by atoms with E-state index in [9.17, 15) is 14.4 Å². The highest BCUT2D eigenvalue weighted by molar-refractivity contribution is 6.16. The number of pyridine rings is 3. The Morgan fingerprint density at radius 2 is 0.636 bits per heavy atom. The molecule has 9 heterocycles. The first-order valence-corrected chi connectivity index (χ1v) is 34.2. The van der Waals surface area contributed by atoms with Gasteiger partial charge in [0, 0.05) is 75.0 Å². The van der Waals surface area contributed by atoms with Crippen LogP contribution in [0.15, 0.2) is 238 Å². The lowest BCUT2D eigenvalue weighted by Crippen LogP contribution is -2.29. The summed E-state index contributed by atoms with van der Waals surface area (Å²) in [7, 11) is 5.64. The Morgan fingerprint density at radius 1 is 0.313 bits per heavy atom. The molecule has 0 bridgehead atoms. The van der Waals surface area contributed by atoms with Gasteiger partial charge in [-0.15, -0.1) is 0 Å². The molecule has 6 aromatic heterocycles. The van der Waals surface area contributed by atoms with Crippen molar-refractivity contribution in [3.8, 4) is 33.4 Å². The van der Waals surface area contributed by atoms with Gasteiger partial charge in [-0.2, -0.15) is 15.3 Å². The van der Waals surface area contributed by atoms with Gasteiger partial charge in [0.25, 0.3) is 17.7 Å². The van der Waals surface area contributed by atoms with Gasteiger partial charge < -0.3 is 30.7 Å². The van der Waals surface area contributed by atoms with Crippen LogP contribution in [0, 0.1) is 0 Å². The average Bonchev–Trinajstić information content (AvgIpc) is 1.65. The van der Waals surface area contributed by atoms with E-state index in [0.717, 1.165) is 89.9 Å². The van der Waals surface area contributed by atoms with E-state index >= 15 is 0 Å². The van der Waals surface area contributed by atoms with E-state index in [1.165, 1.54) is 0 Å². The van der Waals surface area contributed by atoms with E-state index in [4.69, 9.17) is 0 Å². The zero-order valence-corrected chi connectivity index (χ0v) is 59.7. The number of nitrogens with zero attached hydrogens (tertiary/aromatic N) is 12. The molecule has 3 aliphatic rings. The molecule has 0 atom stereocenters. The Labute approximate surface area is 584 Å². The SMILES string of the molecule is CC.CC.CC.CC.CC.CC.Cn1cc(-c2ccc3c(c2)C(=O)N(Cc2ccccc2)c2cccnc2N3)cn1.Cn1cc(-c2ccc3c(c2)C(=O)N(Cc2ccccc2)c2cccnc2N3)cn1.Cn1cc(-c2ccc3c(c2)C(=O)N(Cc2ccccc2)c2ccncc2N3)cn1. The molecule has 3 amide bonds. The maximum absolute atomic E-state index is 13.6. The summed E-state index contributed by atoms with van der Waals surface area (Å²) in [4.78, 5) is 59.4. The first kappa shape index (κ1) is 74.6. The van der Waals surface area contributed by atoms with Crippen LogP contribution in [0.4, 0.5) is 51.4 Å². The van der Waals surface area contributed by atoms with Crippen molar-refractivity contribution in [1.29, 1.82) is 0 Å². The summed E-state index contributed by atoms with van der Waals surface area (Å²) < 4.78 is 5.26. The number of anilines is 9. The molecule has 0 saturated carbocycles. The quantitative estimate of drug-likeness (QED) is 0.124. The molecule has 0 aliphatic carbocycles. The van der Waals surface area contributed by atoms with E-state index in [1.807, 2.05) is 299 Å². The van der Waals surface area contributed by atoms with Crippen LogP contribution in [0.25, 0.3) is 33.4 Å². The number of aryl methyl sites for hydroxylation is 3. The van der Waals surface area contributed by atoms with Crippen LogP contribution >= 0.6 is 0 Å². The molecule has 18 heteroatoms. The zero-order chi connectivity index (χ0) is 71.4. The molecular weight excluding hydrogens is 1230 g/mol. The molecule has 6 aromatic carbocycles. The van der Waals surface area contributed by atoms with Crippen LogP contribution in [0.2, 0.25) is 0 Å². The minimum atomic E-state index is -0.0613. The number of nitrogens with one attached hydrogen (secondary N) is 3.